The zero-order valence-electron chi connectivity index (χ0n) is 9.65. The molecule has 0 aromatic carbocycles. The van der Waals surface area contributed by atoms with Crippen LogP contribution in [0, 0.1) is 5.41 Å². The fourth-order valence-corrected chi connectivity index (χ4v) is 1.03. The van der Waals surface area contributed by atoms with Crippen LogP contribution in [0.4, 0.5) is 0 Å². The summed E-state index contributed by atoms with van der Waals surface area (Å²) in [6, 6.07) is 0. The quantitative estimate of drug-likeness (QED) is 0.581. The van der Waals surface area contributed by atoms with E-state index in [-0.39, 0.29) is 11.8 Å². The lowest BCUT2D eigenvalue weighted by Crippen LogP contribution is -2.25. The summed E-state index contributed by atoms with van der Waals surface area (Å²) in [6.07, 6.45) is 0.274. The SMILES string of the molecule is [2H]C([2H])([2H])C(C)(O)CC(C)(C)C. The van der Waals surface area contributed by atoms with Crippen molar-refractivity contribution in [3.8, 4) is 0 Å². The van der Waals surface area contributed by atoms with Crippen molar-refractivity contribution in [1.29, 1.82) is 0 Å². The zero-order valence-corrected chi connectivity index (χ0v) is 6.65. The Morgan fingerprint density at radius 3 is 1.89 bits per heavy atom. The first-order chi connectivity index (χ1) is 4.96. The summed E-state index contributed by atoms with van der Waals surface area (Å²) in [6.45, 7) is 4.80. The number of hydrogen-bond donors (Lipinski definition) is 1. The smallest absolute Gasteiger partial charge is 0.0596 e. The molecule has 0 spiro atoms. The van der Waals surface area contributed by atoms with E-state index in [2.05, 4.69) is 0 Å². The molecule has 9 heavy (non-hydrogen) atoms. The number of hydrogen-bond acceptors (Lipinski definition) is 1. The number of aliphatic hydroxyl groups is 1. The Kier molecular flexibility index (Phi) is 1.21. The molecule has 0 aliphatic rings. The third-order valence-corrected chi connectivity index (χ3v) is 0.875. The molecule has 0 fully saturated rings. The molecule has 1 N–H and O–H groups in total. The molecule has 1 nitrogen and oxygen atoms in total. The van der Waals surface area contributed by atoms with Crippen LogP contribution in [0.3, 0.4) is 0 Å². The molecule has 0 aromatic rings. The van der Waals surface area contributed by atoms with Gasteiger partial charge in [-0.2, -0.15) is 0 Å². The molecule has 0 heterocycles. The lowest BCUT2D eigenvalue weighted by molar-refractivity contribution is 0.0371. The van der Waals surface area contributed by atoms with Crippen LogP contribution in [0.1, 0.15) is 45.1 Å². The molecule has 0 saturated carbocycles. The molecule has 0 aromatic heterocycles. The molecule has 0 rings (SSSR count). The summed E-state index contributed by atoms with van der Waals surface area (Å²) in [5, 5.41) is 9.62. The van der Waals surface area contributed by atoms with Crippen LogP contribution in [0.2, 0.25) is 0 Å². The van der Waals surface area contributed by atoms with Crippen LogP contribution < -0.4 is 0 Å². The van der Waals surface area contributed by atoms with E-state index in [9.17, 15) is 5.11 Å². The summed E-state index contributed by atoms with van der Waals surface area (Å²) in [5.41, 5.74) is -1.75. The maximum Gasteiger partial charge on any atom is 0.0596 e. The van der Waals surface area contributed by atoms with Crippen molar-refractivity contribution in [2.75, 3.05) is 0 Å². The summed E-state index contributed by atoms with van der Waals surface area (Å²) >= 11 is 0. The van der Waals surface area contributed by atoms with Gasteiger partial charge in [0.05, 0.1) is 5.60 Å². The molecular weight excluding hydrogens is 112 g/mol. The second-order valence-electron chi connectivity index (χ2n) is 4.01. The molecule has 0 aliphatic carbocycles. The maximum atomic E-state index is 9.62. The van der Waals surface area contributed by atoms with Gasteiger partial charge < -0.3 is 5.11 Å². The van der Waals surface area contributed by atoms with E-state index < -0.39 is 12.5 Å². The van der Waals surface area contributed by atoms with Gasteiger partial charge >= 0.3 is 0 Å². The van der Waals surface area contributed by atoms with Crippen molar-refractivity contribution in [2.24, 2.45) is 5.41 Å². The zero-order chi connectivity index (χ0) is 10.2. The highest BCUT2D eigenvalue weighted by Crippen LogP contribution is 2.26. The van der Waals surface area contributed by atoms with Crippen molar-refractivity contribution >= 4 is 0 Å². The van der Waals surface area contributed by atoms with Gasteiger partial charge in [0, 0.05) is 4.11 Å². The Morgan fingerprint density at radius 2 is 1.78 bits per heavy atom. The van der Waals surface area contributed by atoms with Gasteiger partial charge in [-0.3, -0.25) is 0 Å². The minimum absolute atomic E-state index is 0.169. The lowest BCUT2D eigenvalue weighted by Gasteiger charge is -2.27. The van der Waals surface area contributed by atoms with E-state index in [0.717, 1.165) is 0 Å². The Morgan fingerprint density at radius 1 is 1.33 bits per heavy atom. The van der Waals surface area contributed by atoms with Gasteiger partial charge in [0.1, 0.15) is 0 Å². The number of rotatable bonds is 1. The van der Waals surface area contributed by atoms with Gasteiger partial charge in [0.25, 0.3) is 0 Å². The van der Waals surface area contributed by atoms with Gasteiger partial charge in [-0.15, -0.1) is 0 Å². The van der Waals surface area contributed by atoms with Gasteiger partial charge in [0.15, 0.2) is 0 Å². The first kappa shape index (κ1) is 4.73. The highest BCUT2D eigenvalue weighted by Gasteiger charge is 2.21. The third kappa shape index (κ3) is 7.96. The molecule has 1 unspecified atom stereocenters. The van der Waals surface area contributed by atoms with Gasteiger partial charge in [-0.05, 0) is 25.6 Å². The van der Waals surface area contributed by atoms with E-state index in [1.165, 1.54) is 6.92 Å². The molecule has 1 atom stereocenters. The largest absolute Gasteiger partial charge is 0.390 e. The minimum atomic E-state index is -2.29. The average molecular weight is 133 g/mol. The van der Waals surface area contributed by atoms with Crippen LogP contribution in [0.15, 0.2) is 0 Å². The molecule has 1 heteroatoms. The predicted molar refractivity (Wildman–Crippen MR) is 40.4 cm³/mol. The Labute approximate surface area is 62.3 Å². The highest BCUT2D eigenvalue weighted by atomic mass is 16.3. The van der Waals surface area contributed by atoms with E-state index >= 15 is 0 Å². The fraction of sp³-hybridized carbons (Fsp3) is 1.00. The second kappa shape index (κ2) is 2.30. The third-order valence-electron chi connectivity index (χ3n) is 0.875. The summed E-state index contributed by atoms with van der Waals surface area (Å²) in [4.78, 5) is 0. The molecule has 0 amide bonds. The van der Waals surface area contributed by atoms with Crippen LogP contribution >= 0.6 is 0 Å². The molecular formula is C8H18O. The van der Waals surface area contributed by atoms with Crippen LogP contribution in [0.5, 0.6) is 0 Å². The average Bonchev–Trinajstić information content (AvgIpc) is 1.52. The van der Waals surface area contributed by atoms with Crippen molar-refractivity contribution in [3.05, 3.63) is 0 Å². The van der Waals surface area contributed by atoms with Crippen molar-refractivity contribution in [2.45, 2.75) is 46.6 Å². The molecule has 0 aliphatic heterocycles. The first-order valence-electron chi connectivity index (χ1n) is 4.68. The summed E-state index contributed by atoms with van der Waals surface area (Å²) in [7, 11) is 0. The first-order valence-corrected chi connectivity index (χ1v) is 3.18. The minimum Gasteiger partial charge on any atom is -0.390 e. The summed E-state index contributed by atoms with van der Waals surface area (Å²) in [5.74, 6) is 0. The van der Waals surface area contributed by atoms with E-state index in [1.54, 1.807) is 0 Å². The highest BCUT2D eigenvalue weighted by molar-refractivity contribution is 4.74. The molecule has 0 bridgehead atoms. The fourth-order valence-electron chi connectivity index (χ4n) is 1.03. The van der Waals surface area contributed by atoms with Gasteiger partial charge in [-0.25, -0.2) is 0 Å². The molecule has 0 saturated heterocycles. The molecule has 56 valence electrons. The molecule has 0 radical (unpaired) electrons. The summed E-state index contributed by atoms with van der Waals surface area (Å²) < 4.78 is 21.3. The Bertz CT molecular complexity index is 153. The standard InChI is InChI=1S/C8H18O/c1-7(2,3)6-8(4,5)9/h9H,6H2,1-5H3/i4D3. The van der Waals surface area contributed by atoms with E-state index in [0.29, 0.717) is 0 Å². The van der Waals surface area contributed by atoms with Crippen molar-refractivity contribution in [3.63, 3.8) is 0 Å². The van der Waals surface area contributed by atoms with Crippen LogP contribution in [-0.4, -0.2) is 10.7 Å². The van der Waals surface area contributed by atoms with Crippen molar-refractivity contribution in [1.82, 2.24) is 0 Å². The predicted octanol–water partition coefficient (Wildman–Crippen LogP) is 2.19. The van der Waals surface area contributed by atoms with E-state index in [4.69, 9.17) is 4.11 Å². The van der Waals surface area contributed by atoms with E-state index in [1.807, 2.05) is 20.8 Å². The normalized spacial score (nSPS) is 25.7. The van der Waals surface area contributed by atoms with Crippen LogP contribution in [-0.2, 0) is 0 Å². The lowest BCUT2D eigenvalue weighted by atomic mass is 9.84. The second-order valence-corrected chi connectivity index (χ2v) is 4.01. The Hall–Kier alpha value is -0.0400. The van der Waals surface area contributed by atoms with Crippen LogP contribution in [0.25, 0.3) is 0 Å². The Balaban J connectivity index is 4.44. The topological polar surface area (TPSA) is 20.2 Å². The van der Waals surface area contributed by atoms with Crippen molar-refractivity contribution < 1.29 is 9.22 Å². The monoisotopic (exact) mass is 133 g/mol. The maximum absolute atomic E-state index is 9.62. The van der Waals surface area contributed by atoms with Gasteiger partial charge in [0.2, 0.25) is 0 Å². The van der Waals surface area contributed by atoms with Gasteiger partial charge in [-0.1, -0.05) is 20.8 Å².